The highest BCUT2D eigenvalue weighted by Crippen LogP contribution is 2.35. The number of ether oxygens (including phenoxy) is 1. The highest BCUT2D eigenvalue weighted by atomic mass is 16.5. The summed E-state index contributed by atoms with van der Waals surface area (Å²) in [6, 6.07) is 16.4. The Morgan fingerprint density at radius 2 is 1.94 bits per heavy atom. The van der Waals surface area contributed by atoms with Crippen LogP contribution in [0.25, 0.3) is 22.3 Å². The number of aromatic nitrogens is 2. The van der Waals surface area contributed by atoms with Crippen molar-refractivity contribution in [1.82, 2.24) is 10.1 Å². The van der Waals surface area contributed by atoms with Crippen LogP contribution < -0.4 is 16.2 Å². The third-order valence-corrected chi connectivity index (χ3v) is 5.51. The molecular formula is C23H18N4O4. The number of carbonyl (C=O) groups is 2. The predicted octanol–water partition coefficient (Wildman–Crippen LogP) is 3.21. The standard InChI is InChI=1S/C23H18N4O4/c24-21(28)16-8-5-13-11-14(7-9-15(13)16)30-23(29)19-20(27-31-22(19)25)18-10-6-12-3-1-2-4-17(12)26-18/h1-4,6-7,9-11,16H,5,8,25H2,(H2,24,28). The van der Waals surface area contributed by atoms with Crippen LogP contribution in [0.5, 0.6) is 5.75 Å². The van der Waals surface area contributed by atoms with Gasteiger partial charge >= 0.3 is 5.97 Å². The van der Waals surface area contributed by atoms with Crippen molar-refractivity contribution in [2.75, 3.05) is 5.73 Å². The number of fused-ring (bicyclic) bond motifs is 2. The molecule has 154 valence electrons. The van der Waals surface area contributed by atoms with E-state index in [1.807, 2.05) is 30.3 Å². The Balaban J connectivity index is 1.45. The SMILES string of the molecule is NC(=O)C1CCc2cc(OC(=O)c3c(-c4ccc5ccccc5n4)noc3N)ccc21. The Morgan fingerprint density at radius 3 is 2.77 bits per heavy atom. The van der Waals surface area contributed by atoms with Crippen molar-refractivity contribution >= 4 is 28.7 Å². The fraction of sp³-hybridized carbons (Fsp3) is 0.130. The first-order valence-corrected chi connectivity index (χ1v) is 9.77. The Labute approximate surface area is 176 Å². The summed E-state index contributed by atoms with van der Waals surface area (Å²) in [4.78, 5) is 29.0. The quantitative estimate of drug-likeness (QED) is 0.387. The molecule has 8 heteroatoms. The van der Waals surface area contributed by atoms with Gasteiger partial charge in [-0.05, 0) is 48.2 Å². The summed E-state index contributed by atoms with van der Waals surface area (Å²) in [5.41, 5.74) is 14.6. The fourth-order valence-corrected chi connectivity index (χ4v) is 3.98. The zero-order chi connectivity index (χ0) is 21.5. The van der Waals surface area contributed by atoms with Crippen LogP contribution in [0.3, 0.4) is 0 Å². The number of esters is 1. The second-order valence-corrected chi connectivity index (χ2v) is 7.40. The molecule has 1 aliphatic rings. The molecule has 0 fully saturated rings. The second kappa shape index (κ2) is 7.24. The highest BCUT2D eigenvalue weighted by molar-refractivity contribution is 6.01. The Morgan fingerprint density at radius 1 is 1.10 bits per heavy atom. The number of hydrogen-bond donors (Lipinski definition) is 2. The van der Waals surface area contributed by atoms with Crippen LogP contribution in [0.15, 0.2) is 59.1 Å². The van der Waals surface area contributed by atoms with Crippen molar-refractivity contribution in [2.45, 2.75) is 18.8 Å². The van der Waals surface area contributed by atoms with Crippen LogP contribution in [0.1, 0.15) is 33.8 Å². The van der Waals surface area contributed by atoms with E-state index in [1.54, 1.807) is 24.3 Å². The summed E-state index contributed by atoms with van der Waals surface area (Å²) >= 11 is 0. The van der Waals surface area contributed by atoms with Gasteiger partial charge in [0.2, 0.25) is 11.8 Å². The molecule has 0 aliphatic heterocycles. The van der Waals surface area contributed by atoms with Crippen LogP contribution >= 0.6 is 0 Å². The van der Waals surface area contributed by atoms with Crippen LogP contribution in [0, 0.1) is 0 Å². The van der Waals surface area contributed by atoms with Crippen molar-refractivity contribution in [3.63, 3.8) is 0 Å². The maximum atomic E-state index is 12.9. The molecule has 0 bridgehead atoms. The Kier molecular flexibility index (Phi) is 4.39. The average molecular weight is 414 g/mol. The summed E-state index contributed by atoms with van der Waals surface area (Å²) in [5.74, 6) is -1.17. The number of anilines is 1. The Hall–Kier alpha value is -4.20. The molecular weight excluding hydrogens is 396 g/mol. The van der Waals surface area contributed by atoms with Gasteiger partial charge in [-0.25, -0.2) is 9.78 Å². The van der Waals surface area contributed by atoms with Gasteiger partial charge in [-0.3, -0.25) is 4.79 Å². The van der Waals surface area contributed by atoms with Gasteiger partial charge < -0.3 is 20.7 Å². The zero-order valence-electron chi connectivity index (χ0n) is 16.4. The molecule has 5 rings (SSSR count). The van der Waals surface area contributed by atoms with Crippen molar-refractivity contribution in [3.8, 4) is 17.1 Å². The smallest absolute Gasteiger partial charge is 0.351 e. The zero-order valence-corrected chi connectivity index (χ0v) is 16.4. The first-order valence-electron chi connectivity index (χ1n) is 9.77. The molecule has 1 unspecified atom stereocenters. The number of benzene rings is 2. The van der Waals surface area contributed by atoms with Crippen molar-refractivity contribution in [1.29, 1.82) is 0 Å². The van der Waals surface area contributed by atoms with E-state index in [9.17, 15) is 9.59 Å². The number of nitrogen functional groups attached to an aromatic ring is 1. The maximum absolute atomic E-state index is 12.9. The minimum absolute atomic E-state index is 0.0123. The molecule has 4 N–H and O–H groups in total. The lowest BCUT2D eigenvalue weighted by Gasteiger charge is -2.09. The molecule has 0 spiro atoms. The van der Waals surface area contributed by atoms with E-state index in [1.165, 1.54) is 0 Å². The van der Waals surface area contributed by atoms with Crippen LogP contribution in [-0.2, 0) is 11.2 Å². The monoisotopic (exact) mass is 414 g/mol. The third-order valence-electron chi connectivity index (χ3n) is 5.51. The van der Waals surface area contributed by atoms with E-state index in [2.05, 4.69) is 10.1 Å². The lowest BCUT2D eigenvalue weighted by Crippen LogP contribution is -2.19. The van der Waals surface area contributed by atoms with Gasteiger partial charge in [-0.15, -0.1) is 0 Å². The van der Waals surface area contributed by atoms with Crippen molar-refractivity contribution in [3.05, 3.63) is 71.3 Å². The topological polar surface area (TPSA) is 134 Å². The molecule has 1 aliphatic carbocycles. The fourth-order valence-electron chi connectivity index (χ4n) is 3.98. The van der Waals surface area contributed by atoms with E-state index < -0.39 is 5.97 Å². The number of primary amides is 1. The van der Waals surface area contributed by atoms with E-state index in [0.29, 0.717) is 24.3 Å². The molecule has 0 saturated heterocycles. The number of nitrogens with two attached hydrogens (primary N) is 2. The predicted molar refractivity (Wildman–Crippen MR) is 113 cm³/mol. The normalized spacial score (nSPS) is 15.0. The first kappa shape index (κ1) is 18.8. The summed E-state index contributed by atoms with van der Waals surface area (Å²) in [7, 11) is 0. The largest absolute Gasteiger partial charge is 0.423 e. The molecule has 2 heterocycles. The van der Waals surface area contributed by atoms with Crippen molar-refractivity contribution in [2.24, 2.45) is 5.73 Å². The second-order valence-electron chi connectivity index (χ2n) is 7.40. The molecule has 1 atom stereocenters. The number of amides is 1. The van der Waals surface area contributed by atoms with Crippen LogP contribution in [0.4, 0.5) is 5.88 Å². The Bertz CT molecular complexity index is 1340. The van der Waals surface area contributed by atoms with Gasteiger partial charge in [0.25, 0.3) is 0 Å². The lowest BCUT2D eigenvalue weighted by molar-refractivity contribution is -0.119. The molecule has 0 radical (unpaired) electrons. The molecule has 2 aromatic heterocycles. The van der Waals surface area contributed by atoms with Crippen molar-refractivity contribution < 1.29 is 18.8 Å². The number of carbonyl (C=O) groups excluding carboxylic acids is 2. The highest BCUT2D eigenvalue weighted by Gasteiger charge is 2.29. The lowest BCUT2D eigenvalue weighted by atomic mass is 10.0. The average Bonchev–Trinajstić information content (AvgIpc) is 3.36. The molecule has 4 aromatic rings. The minimum atomic E-state index is -0.701. The molecule has 2 aromatic carbocycles. The third kappa shape index (κ3) is 3.28. The number of para-hydroxylation sites is 1. The number of hydrogen-bond acceptors (Lipinski definition) is 7. The van der Waals surface area contributed by atoms with Gasteiger partial charge in [-0.2, -0.15) is 0 Å². The molecule has 1 amide bonds. The molecule has 31 heavy (non-hydrogen) atoms. The summed E-state index contributed by atoms with van der Waals surface area (Å²) in [6.45, 7) is 0. The maximum Gasteiger partial charge on any atom is 0.351 e. The number of aryl methyl sites for hydroxylation is 1. The van der Waals surface area contributed by atoms with Gasteiger partial charge in [0.15, 0.2) is 5.56 Å². The number of pyridine rings is 1. The van der Waals surface area contributed by atoms with E-state index in [-0.39, 0.29) is 29.0 Å². The van der Waals surface area contributed by atoms with Gasteiger partial charge in [-0.1, -0.05) is 35.5 Å². The van der Waals surface area contributed by atoms with Crippen LogP contribution in [-0.4, -0.2) is 22.0 Å². The minimum Gasteiger partial charge on any atom is -0.423 e. The van der Waals surface area contributed by atoms with Gasteiger partial charge in [0.1, 0.15) is 11.4 Å². The summed E-state index contributed by atoms with van der Waals surface area (Å²) in [5, 5.41) is 4.89. The molecule has 0 saturated carbocycles. The summed E-state index contributed by atoms with van der Waals surface area (Å²) in [6.07, 6.45) is 1.34. The van der Waals surface area contributed by atoms with Gasteiger partial charge in [0, 0.05) is 5.39 Å². The van der Waals surface area contributed by atoms with E-state index in [0.717, 1.165) is 22.0 Å². The first-order chi connectivity index (χ1) is 15.0. The molecule has 8 nitrogen and oxygen atoms in total. The summed E-state index contributed by atoms with van der Waals surface area (Å²) < 4.78 is 10.6. The van der Waals surface area contributed by atoms with E-state index >= 15 is 0 Å². The van der Waals surface area contributed by atoms with E-state index in [4.69, 9.17) is 20.7 Å². The van der Waals surface area contributed by atoms with Crippen LogP contribution in [0.2, 0.25) is 0 Å². The van der Waals surface area contributed by atoms with Gasteiger partial charge in [0.05, 0.1) is 17.1 Å². The number of nitrogens with zero attached hydrogens (tertiary/aromatic N) is 2. The number of rotatable bonds is 4.